The number of urea groups is 1. The van der Waals surface area contributed by atoms with E-state index in [1.54, 1.807) is 18.2 Å². The zero-order chi connectivity index (χ0) is 20.5. The Bertz CT molecular complexity index is 1200. The minimum atomic E-state index is -0.792. The molecule has 7 nitrogen and oxygen atoms in total. The maximum Gasteiger partial charge on any atom is 0.323 e. The maximum absolute atomic E-state index is 14.4. The number of halogens is 1. The first-order chi connectivity index (χ1) is 14.0. The number of carbonyl (C=O) groups excluding carboxylic acids is 1. The second-order valence-electron chi connectivity index (χ2n) is 6.58. The van der Waals surface area contributed by atoms with Gasteiger partial charge in [0, 0.05) is 11.9 Å². The Balaban J connectivity index is 1.71. The molecular formula is C21H19FN6O. The van der Waals surface area contributed by atoms with Crippen molar-refractivity contribution in [3.8, 4) is 11.1 Å². The highest BCUT2D eigenvalue weighted by molar-refractivity contribution is 5.99. The van der Waals surface area contributed by atoms with Gasteiger partial charge in [0.2, 0.25) is 0 Å². The molecule has 0 unspecified atom stereocenters. The number of nitrogens with zero attached hydrogens (tertiary/aromatic N) is 2. The van der Waals surface area contributed by atoms with E-state index in [0.29, 0.717) is 17.1 Å². The molecule has 8 heteroatoms. The standard InChI is InChI=1S/C21H19FN6O/c22-17-8-1-12(11-23)9-19(17)28(21(25)29)15-5-2-13(3-6-15)14-4-7-16-18(10-14)26-27-20(16)24/h1-10H,11,23H2,(H2,25,29)(H3,24,26,27). The van der Waals surface area contributed by atoms with Gasteiger partial charge in [-0.05, 0) is 53.1 Å². The van der Waals surface area contributed by atoms with E-state index in [1.807, 2.05) is 30.3 Å². The first kappa shape index (κ1) is 18.5. The summed E-state index contributed by atoms with van der Waals surface area (Å²) in [6.45, 7) is 0.222. The lowest BCUT2D eigenvalue weighted by Gasteiger charge is -2.22. The summed E-state index contributed by atoms with van der Waals surface area (Å²) in [6, 6.07) is 16.4. The first-order valence-electron chi connectivity index (χ1n) is 8.90. The molecule has 0 aliphatic carbocycles. The summed E-state index contributed by atoms with van der Waals surface area (Å²) in [4.78, 5) is 13.2. The number of benzene rings is 3. The Morgan fingerprint density at radius 1 is 1.03 bits per heavy atom. The topological polar surface area (TPSA) is 127 Å². The molecule has 7 N–H and O–H groups in total. The lowest BCUT2D eigenvalue weighted by molar-refractivity contribution is 0.256. The van der Waals surface area contributed by atoms with Crippen molar-refractivity contribution in [1.82, 2.24) is 10.2 Å². The molecular weight excluding hydrogens is 371 g/mol. The maximum atomic E-state index is 14.4. The molecule has 0 bridgehead atoms. The Labute approximate surface area is 165 Å². The number of nitrogen functional groups attached to an aromatic ring is 1. The van der Waals surface area contributed by atoms with Gasteiger partial charge in [-0.1, -0.05) is 24.3 Å². The third kappa shape index (κ3) is 3.37. The van der Waals surface area contributed by atoms with Crippen LogP contribution in [0.25, 0.3) is 22.0 Å². The molecule has 0 atom stereocenters. The molecule has 4 aromatic rings. The summed E-state index contributed by atoms with van der Waals surface area (Å²) in [5.74, 6) is -0.118. The highest BCUT2D eigenvalue weighted by atomic mass is 19.1. The lowest BCUT2D eigenvalue weighted by Crippen LogP contribution is -2.32. The number of amides is 2. The number of H-pyrrole nitrogens is 1. The number of nitrogens with two attached hydrogens (primary N) is 3. The van der Waals surface area contributed by atoms with Crippen LogP contribution < -0.4 is 22.1 Å². The van der Waals surface area contributed by atoms with Crippen LogP contribution in [0.2, 0.25) is 0 Å². The van der Waals surface area contributed by atoms with E-state index in [9.17, 15) is 9.18 Å². The fraction of sp³-hybridized carbons (Fsp3) is 0.0476. The summed E-state index contributed by atoms with van der Waals surface area (Å²) < 4.78 is 14.4. The number of fused-ring (bicyclic) bond motifs is 1. The van der Waals surface area contributed by atoms with E-state index in [0.717, 1.165) is 26.9 Å². The van der Waals surface area contributed by atoms with Crippen molar-refractivity contribution in [2.75, 3.05) is 10.6 Å². The van der Waals surface area contributed by atoms with Gasteiger partial charge in [0.05, 0.1) is 16.9 Å². The van der Waals surface area contributed by atoms with Crippen LogP contribution in [0.3, 0.4) is 0 Å². The summed E-state index contributed by atoms with van der Waals surface area (Å²) in [6.07, 6.45) is 0. The first-order valence-corrected chi connectivity index (χ1v) is 8.90. The van der Waals surface area contributed by atoms with E-state index in [1.165, 1.54) is 12.1 Å². The number of nitrogens with one attached hydrogen (secondary N) is 1. The predicted octanol–water partition coefficient (Wildman–Crippen LogP) is 3.63. The number of rotatable bonds is 4. The summed E-state index contributed by atoms with van der Waals surface area (Å²) in [7, 11) is 0. The molecule has 0 saturated carbocycles. The molecule has 1 heterocycles. The number of anilines is 3. The van der Waals surface area contributed by atoms with E-state index in [-0.39, 0.29) is 12.2 Å². The fourth-order valence-corrected chi connectivity index (χ4v) is 3.26. The van der Waals surface area contributed by atoms with Gasteiger partial charge in [0.15, 0.2) is 5.82 Å². The summed E-state index contributed by atoms with van der Waals surface area (Å²) >= 11 is 0. The zero-order valence-electron chi connectivity index (χ0n) is 15.4. The summed E-state index contributed by atoms with van der Waals surface area (Å²) in [5.41, 5.74) is 20.8. The number of aromatic amines is 1. The molecule has 0 spiro atoms. The van der Waals surface area contributed by atoms with Crippen LogP contribution in [-0.4, -0.2) is 16.2 Å². The molecule has 0 fully saturated rings. The molecule has 1 aromatic heterocycles. The smallest absolute Gasteiger partial charge is 0.323 e. The third-order valence-electron chi connectivity index (χ3n) is 4.76. The van der Waals surface area contributed by atoms with Crippen LogP contribution in [0, 0.1) is 5.82 Å². The van der Waals surface area contributed by atoms with Crippen molar-refractivity contribution in [2.45, 2.75) is 6.54 Å². The van der Waals surface area contributed by atoms with Crippen molar-refractivity contribution >= 4 is 34.1 Å². The van der Waals surface area contributed by atoms with Crippen LogP contribution in [0.1, 0.15) is 5.56 Å². The second kappa shape index (κ2) is 7.25. The zero-order valence-corrected chi connectivity index (χ0v) is 15.4. The molecule has 0 aliphatic heterocycles. The van der Waals surface area contributed by atoms with Gasteiger partial charge in [0.25, 0.3) is 0 Å². The van der Waals surface area contributed by atoms with E-state index in [2.05, 4.69) is 10.2 Å². The van der Waals surface area contributed by atoms with Gasteiger partial charge in [-0.2, -0.15) is 5.10 Å². The van der Waals surface area contributed by atoms with E-state index >= 15 is 0 Å². The number of aromatic nitrogens is 2. The predicted molar refractivity (Wildman–Crippen MR) is 112 cm³/mol. The summed E-state index contributed by atoms with van der Waals surface area (Å²) in [5, 5.41) is 7.73. The van der Waals surface area contributed by atoms with E-state index in [4.69, 9.17) is 17.2 Å². The van der Waals surface area contributed by atoms with Gasteiger partial charge >= 0.3 is 6.03 Å². The number of carbonyl (C=O) groups is 1. The average molecular weight is 390 g/mol. The molecule has 2 amide bonds. The molecule has 146 valence electrons. The van der Waals surface area contributed by atoms with E-state index < -0.39 is 11.8 Å². The molecule has 0 aliphatic rings. The van der Waals surface area contributed by atoms with Gasteiger partial charge in [-0.3, -0.25) is 10.00 Å². The molecule has 29 heavy (non-hydrogen) atoms. The van der Waals surface area contributed by atoms with Crippen LogP contribution >= 0.6 is 0 Å². The quantitative estimate of drug-likeness (QED) is 0.424. The molecule has 4 rings (SSSR count). The Hall–Kier alpha value is -3.91. The molecule has 0 radical (unpaired) electrons. The van der Waals surface area contributed by atoms with Gasteiger partial charge in [-0.25, -0.2) is 9.18 Å². The monoisotopic (exact) mass is 390 g/mol. The van der Waals surface area contributed by atoms with Gasteiger partial charge in [-0.15, -0.1) is 0 Å². The normalized spacial score (nSPS) is 11.0. The van der Waals surface area contributed by atoms with Gasteiger partial charge in [0.1, 0.15) is 5.82 Å². The largest absolute Gasteiger partial charge is 0.382 e. The SMILES string of the molecule is NCc1ccc(F)c(N(C(N)=O)c2ccc(-c3ccc4c(N)n[nH]c4c3)cc2)c1. The van der Waals surface area contributed by atoms with Crippen LogP contribution in [0.5, 0.6) is 0 Å². The highest BCUT2D eigenvalue weighted by Gasteiger charge is 2.19. The molecule has 0 saturated heterocycles. The van der Waals surface area contributed by atoms with Crippen LogP contribution in [0.4, 0.5) is 26.4 Å². The van der Waals surface area contributed by atoms with Crippen LogP contribution in [-0.2, 0) is 6.54 Å². The van der Waals surface area contributed by atoms with Gasteiger partial charge < -0.3 is 17.2 Å². The number of primary amides is 1. The van der Waals surface area contributed by atoms with Crippen molar-refractivity contribution in [3.63, 3.8) is 0 Å². The van der Waals surface area contributed by atoms with Crippen molar-refractivity contribution in [2.24, 2.45) is 11.5 Å². The number of hydrogen-bond acceptors (Lipinski definition) is 4. The fourth-order valence-electron chi connectivity index (χ4n) is 3.26. The van der Waals surface area contributed by atoms with Crippen molar-refractivity contribution in [1.29, 1.82) is 0 Å². The Morgan fingerprint density at radius 3 is 2.45 bits per heavy atom. The number of hydrogen-bond donors (Lipinski definition) is 4. The average Bonchev–Trinajstić information content (AvgIpc) is 3.10. The Kier molecular flexibility index (Phi) is 4.61. The van der Waals surface area contributed by atoms with Crippen molar-refractivity contribution < 1.29 is 9.18 Å². The minimum Gasteiger partial charge on any atom is -0.382 e. The highest BCUT2D eigenvalue weighted by Crippen LogP contribution is 2.32. The van der Waals surface area contributed by atoms with Crippen LogP contribution in [0.15, 0.2) is 60.7 Å². The van der Waals surface area contributed by atoms with Crippen molar-refractivity contribution in [3.05, 3.63) is 72.0 Å². The minimum absolute atomic E-state index is 0.0579. The lowest BCUT2D eigenvalue weighted by atomic mass is 10.0. The second-order valence-corrected chi connectivity index (χ2v) is 6.58. The Morgan fingerprint density at radius 2 is 1.76 bits per heavy atom. The molecule has 3 aromatic carbocycles. The third-order valence-corrected chi connectivity index (χ3v) is 4.76.